The van der Waals surface area contributed by atoms with Gasteiger partial charge in [0.2, 0.25) is 5.91 Å². The molecule has 0 aromatic heterocycles. The zero-order chi connectivity index (χ0) is 14.9. The summed E-state index contributed by atoms with van der Waals surface area (Å²) in [5.41, 5.74) is 0.911. The van der Waals surface area contributed by atoms with Crippen LogP contribution in [0.5, 0.6) is 0 Å². The summed E-state index contributed by atoms with van der Waals surface area (Å²) >= 11 is 0. The van der Waals surface area contributed by atoms with Crippen LogP contribution < -0.4 is 0 Å². The van der Waals surface area contributed by atoms with Gasteiger partial charge in [-0.1, -0.05) is 36.8 Å². The lowest BCUT2D eigenvalue weighted by Gasteiger charge is -2.43. The molecule has 21 heavy (non-hydrogen) atoms. The van der Waals surface area contributed by atoms with Gasteiger partial charge in [-0.15, -0.1) is 0 Å². The Morgan fingerprint density at radius 2 is 1.95 bits per heavy atom. The number of rotatable bonds is 4. The summed E-state index contributed by atoms with van der Waals surface area (Å²) in [5.74, 6) is -1.000. The Balaban J connectivity index is 1.71. The van der Waals surface area contributed by atoms with Crippen molar-refractivity contribution in [1.82, 2.24) is 4.90 Å². The lowest BCUT2D eigenvalue weighted by molar-refractivity contribution is -0.147. The molecular formula is C17H21NO3. The number of carbonyl (C=O) groups is 2. The molecule has 0 radical (unpaired) electrons. The number of carboxylic acids is 1. The Bertz CT molecular complexity index is 536. The molecule has 1 aromatic carbocycles. The molecule has 1 aliphatic carbocycles. The molecule has 1 aliphatic heterocycles. The highest BCUT2D eigenvalue weighted by Crippen LogP contribution is 2.46. The van der Waals surface area contributed by atoms with E-state index in [9.17, 15) is 9.59 Å². The van der Waals surface area contributed by atoms with E-state index in [0.29, 0.717) is 19.5 Å². The second-order valence-electron chi connectivity index (χ2n) is 6.37. The average molecular weight is 287 g/mol. The standard InChI is InChI=1S/C17H21NO3/c19-15(20)14-7-10-18(12-14)16(21)17(8-4-9-17)11-13-5-2-1-3-6-13/h1-3,5-6,14H,4,7-12H2,(H,19,20)/t14-/m1/s1. The van der Waals surface area contributed by atoms with Gasteiger partial charge in [-0.3, -0.25) is 9.59 Å². The molecule has 1 atom stereocenters. The Morgan fingerprint density at radius 3 is 2.48 bits per heavy atom. The van der Waals surface area contributed by atoms with Crippen LogP contribution in [-0.2, 0) is 16.0 Å². The van der Waals surface area contributed by atoms with Crippen LogP contribution in [0.3, 0.4) is 0 Å². The number of aliphatic carboxylic acids is 1. The minimum Gasteiger partial charge on any atom is -0.481 e. The van der Waals surface area contributed by atoms with E-state index in [4.69, 9.17) is 5.11 Å². The summed E-state index contributed by atoms with van der Waals surface area (Å²) in [7, 11) is 0. The first-order valence-electron chi connectivity index (χ1n) is 7.67. The van der Waals surface area contributed by atoms with Crippen LogP contribution in [0.15, 0.2) is 30.3 Å². The predicted molar refractivity (Wildman–Crippen MR) is 78.8 cm³/mol. The number of hydrogen-bond donors (Lipinski definition) is 1. The molecular weight excluding hydrogens is 266 g/mol. The number of likely N-dealkylation sites (tertiary alicyclic amines) is 1. The van der Waals surface area contributed by atoms with Crippen LogP contribution in [0.2, 0.25) is 0 Å². The van der Waals surface area contributed by atoms with E-state index >= 15 is 0 Å². The zero-order valence-electron chi connectivity index (χ0n) is 12.1. The van der Waals surface area contributed by atoms with Crippen LogP contribution in [0.1, 0.15) is 31.2 Å². The van der Waals surface area contributed by atoms with Gasteiger partial charge < -0.3 is 10.0 Å². The minimum atomic E-state index is -0.781. The maximum absolute atomic E-state index is 12.9. The molecule has 112 valence electrons. The summed E-state index contributed by atoms with van der Waals surface area (Å²) < 4.78 is 0. The molecule has 1 amide bonds. The van der Waals surface area contributed by atoms with Gasteiger partial charge in [0.1, 0.15) is 0 Å². The number of nitrogens with zero attached hydrogens (tertiary/aromatic N) is 1. The fourth-order valence-corrected chi connectivity index (χ4v) is 3.54. The number of carboxylic acid groups (broad SMARTS) is 1. The Labute approximate surface area is 124 Å². The lowest BCUT2D eigenvalue weighted by Crippen LogP contribution is -2.48. The van der Waals surface area contributed by atoms with E-state index in [2.05, 4.69) is 12.1 Å². The van der Waals surface area contributed by atoms with Crippen molar-refractivity contribution in [3.8, 4) is 0 Å². The van der Waals surface area contributed by atoms with Gasteiger partial charge in [0.15, 0.2) is 0 Å². The Hall–Kier alpha value is -1.84. The summed E-state index contributed by atoms with van der Waals surface area (Å²) in [6.07, 6.45) is 4.31. The van der Waals surface area contributed by atoms with Crippen molar-refractivity contribution in [3.05, 3.63) is 35.9 Å². The molecule has 1 aromatic rings. The number of carbonyl (C=O) groups excluding carboxylic acids is 1. The van der Waals surface area contributed by atoms with Crippen LogP contribution in [0.4, 0.5) is 0 Å². The number of hydrogen-bond acceptors (Lipinski definition) is 2. The highest BCUT2D eigenvalue weighted by molar-refractivity contribution is 5.85. The quantitative estimate of drug-likeness (QED) is 0.924. The normalized spacial score (nSPS) is 23.6. The van der Waals surface area contributed by atoms with E-state index in [1.165, 1.54) is 5.56 Å². The van der Waals surface area contributed by atoms with Gasteiger partial charge in [0.25, 0.3) is 0 Å². The smallest absolute Gasteiger partial charge is 0.308 e. The van der Waals surface area contributed by atoms with Crippen molar-refractivity contribution in [2.75, 3.05) is 13.1 Å². The highest BCUT2D eigenvalue weighted by atomic mass is 16.4. The third kappa shape index (κ3) is 2.67. The van der Waals surface area contributed by atoms with E-state index in [0.717, 1.165) is 25.7 Å². The molecule has 2 fully saturated rings. The van der Waals surface area contributed by atoms with Crippen molar-refractivity contribution in [2.45, 2.75) is 32.1 Å². The fraction of sp³-hybridized carbons (Fsp3) is 0.529. The maximum atomic E-state index is 12.9. The molecule has 4 heteroatoms. The van der Waals surface area contributed by atoms with Crippen LogP contribution in [0.25, 0.3) is 0 Å². The van der Waals surface area contributed by atoms with Crippen molar-refractivity contribution in [1.29, 1.82) is 0 Å². The number of benzene rings is 1. The lowest BCUT2D eigenvalue weighted by atomic mass is 9.64. The molecule has 1 saturated carbocycles. The van der Waals surface area contributed by atoms with Crippen LogP contribution in [0, 0.1) is 11.3 Å². The fourth-order valence-electron chi connectivity index (χ4n) is 3.54. The molecule has 4 nitrogen and oxygen atoms in total. The van der Waals surface area contributed by atoms with E-state index in [-0.39, 0.29) is 17.2 Å². The third-order valence-electron chi connectivity index (χ3n) is 4.97. The van der Waals surface area contributed by atoms with E-state index < -0.39 is 5.97 Å². The molecule has 3 rings (SSSR count). The van der Waals surface area contributed by atoms with E-state index in [1.807, 2.05) is 18.2 Å². The summed E-state index contributed by atoms with van der Waals surface area (Å²) in [6, 6.07) is 10.1. The van der Waals surface area contributed by atoms with Gasteiger partial charge in [-0.25, -0.2) is 0 Å². The van der Waals surface area contributed by atoms with Crippen LogP contribution >= 0.6 is 0 Å². The monoisotopic (exact) mass is 287 g/mol. The van der Waals surface area contributed by atoms with Gasteiger partial charge in [-0.05, 0) is 31.2 Å². The van der Waals surface area contributed by atoms with Gasteiger partial charge in [0, 0.05) is 13.1 Å². The third-order valence-corrected chi connectivity index (χ3v) is 4.97. The first-order valence-corrected chi connectivity index (χ1v) is 7.67. The molecule has 0 unspecified atom stereocenters. The maximum Gasteiger partial charge on any atom is 0.308 e. The molecule has 2 aliphatic rings. The summed E-state index contributed by atoms with van der Waals surface area (Å²) in [5, 5.41) is 9.08. The van der Waals surface area contributed by atoms with Gasteiger partial charge in [0.05, 0.1) is 11.3 Å². The molecule has 0 spiro atoms. The van der Waals surface area contributed by atoms with Crippen molar-refractivity contribution in [3.63, 3.8) is 0 Å². The molecule has 1 saturated heterocycles. The second-order valence-corrected chi connectivity index (χ2v) is 6.37. The molecule has 0 bridgehead atoms. The van der Waals surface area contributed by atoms with E-state index in [1.54, 1.807) is 4.90 Å². The number of amides is 1. The summed E-state index contributed by atoms with van der Waals surface area (Å²) in [6.45, 7) is 0.969. The van der Waals surface area contributed by atoms with Gasteiger partial charge >= 0.3 is 5.97 Å². The predicted octanol–water partition coefficient (Wildman–Crippen LogP) is 2.33. The Morgan fingerprint density at radius 1 is 1.24 bits per heavy atom. The molecule has 1 heterocycles. The highest BCUT2D eigenvalue weighted by Gasteiger charge is 2.47. The van der Waals surface area contributed by atoms with Crippen LogP contribution in [-0.4, -0.2) is 35.0 Å². The van der Waals surface area contributed by atoms with Crippen molar-refractivity contribution in [2.24, 2.45) is 11.3 Å². The molecule has 1 N–H and O–H groups in total. The second kappa shape index (κ2) is 5.51. The summed E-state index contributed by atoms with van der Waals surface area (Å²) in [4.78, 5) is 25.7. The SMILES string of the molecule is O=C(O)[C@@H]1CCN(C(=O)C2(Cc3ccccc3)CCC2)C1. The average Bonchev–Trinajstić information content (AvgIpc) is 2.93. The largest absolute Gasteiger partial charge is 0.481 e. The first-order chi connectivity index (χ1) is 10.1. The topological polar surface area (TPSA) is 57.6 Å². The van der Waals surface area contributed by atoms with Crippen molar-refractivity contribution >= 4 is 11.9 Å². The van der Waals surface area contributed by atoms with Gasteiger partial charge in [-0.2, -0.15) is 0 Å². The van der Waals surface area contributed by atoms with Crippen molar-refractivity contribution < 1.29 is 14.7 Å². The first kappa shape index (κ1) is 14.1. The zero-order valence-corrected chi connectivity index (χ0v) is 12.1. The minimum absolute atomic E-state index is 0.168. The Kier molecular flexibility index (Phi) is 3.70.